The van der Waals surface area contributed by atoms with Crippen molar-refractivity contribution in [3.8, 4) is 0 Å². The molecule has 0 unspecified atom stereocenters. The molecule has 0 amide bonds. The van der Waals surface area contributed by atoms with Gasteiger partial charge < -0.3 is 19.0 Å². The van der Waals surface area contributed by atoms with Crippen molar-refractivity contribution in [2.24, 2.45) is 0 Å². The Balaban J connectivity index is 2.25. The normalized spacial score (nSPS) is 11.3. The van der Waals surface area contributed by atoms with Gasteiger partial charge in [0.15, 0.2) is 0 Å². The zero-order valence-electron chi connectivity index (χ0n) is 10.1. The lowest BCUT2D eigenvalue weighted by atomic mass is 10.1. The zero-order chi connectivity index (χ0) is 13.0. The molecule has 1 N–H and O–H groups in total. The van der Waals surface area contributed by atoms with Gasteiger partial charge in [-0.05, 0) is 18.2 Å². The van der Waals surface area contributed by atoms with Crippen molar-refractivity contribution in [2.45, 2.75) is 13.2 Å². The highest BCUT2D eigenvalue weighted by Gasteiger charge is 2.14. The molecule has 18 heavy (non-hydrogen) atoms. The number of aliphatic hydroxyl groups is 1. The number of rotatable bonds is 6. The summed E-state index contributed by atoms with van der Waals surface area (Å²) in [4.78, 5) is 0. The molecule has 0 aliphatic heterocycles. The Morgan fingerprint density at radius 1 is 1.33 bits per heavy atom. The number of hydrogen-bond donors (Lipinski definition) is 1. The fraction of sp³-hybridized carbons (Fsp3) is 0.385. The molecule has 1 aromatic heterocycles. The van der Waals surface area contributed by atoms with E-state index in [1.807, 2.05) is 0 Å². The molecule has 98 valence electrons. The Morgan fingerprint density at radius 3 is 2.89 bits per heavy atom. The molecule has 0 saturated heterocycles. The van der Waals surface area contributed by atoms with Crippen molar-refractivity contribution >= 4 is 11.0 Å². The first-order valence-corrected chi connectivity index (χ1v) is 5.63. The lowest BCUT2D eigenvalue weighted by Gasteiger charge is -2.03. The molecule has 1 heterocycles. The number of halogens is 1. The lowest BCUT2D eigenvalue weighted by Crippen LogP contribution is -2.02. The molecular formula is C13H15FO4. The largest absolute Gasteiger partial charge is 0.458 e. The van der Waals surface area contributed by atoms with Gasteiger partial charge >= 0.3 is 0 Å². The van der Waals surface area contributed by atoms with Crippen LogP contribution in [0.25, 0.3) is 11.0 Å². The second kappa shape index (κ2) is 5.95. The van der Waals surface area contributed by atoms with Crippen LogP contribution in [0.15, 0.2) is 22.6 Å². The molecule has 5 heteroatoms. The third kappa shape index (κ3) is 2.69. The summed E-state index contributed by atoms with van der Waals surface area (Å²) in [6.45, 7) is 0.941. The first kappa shape index (κ1) is 13.0. The summed E-state index contributed by atoms with van der Waals surface area (Å²) >= 11 is 0. The molecular weight excluding hydrogens is 239 g/mol. The topological polar surface area (TPSA) is 51.8 Å². The number of fused-ring (bicyclic) bond motifs is 1. The number of benzene rings is 1. The third-order valence-electron chi connectivity index (χ3n) is 2.66. The van der Waals surface area contributed by atoms with Gasteiger partial charge in [0, 0.05) is 18.1 Å². The van der Waals surface area contributed by atoms with Crippen LogP contribution in [0.4, 0.5) is 4.39 Å². The third-order valence-corrected chi connectivity index (χ3v) is 2.66. The molecule has 2 aromatic rings. The Labute approximate surface area is 104 Å². The maximum Gasteiger partial charge on any atom is 0.136 e. The van der Waals surface area contributed by atoms with Crippen molar-refractivity contribution in [1.82, 2.24) is 0 Å². The van der Waals surface area contributed by atoms with Gasteiger partial charge in [0.2, 0.25) is 0 Å². The monoisotopic (exact) mass is 254 g/mol. The minimum absolute atomic E-state index is 0.237. The Hall–Kier alpha value is -1.43. The average molecular weight is 254 g/mol. The Morgan fingerprint density at radius 2 is 2.17 bits per heavy atom. The predicted octanol–water partition coefficient (Wildman–Crippen LogP) is 2.23. The summed E-state index contributed by atoms with van der Waals surface area (Å²) in [5.74, 6) is 0.0685. The van der Waals surface area contributed by atoms with Crippen LogP contribution in [0.2, 0.25) is 0 Å². The van der Waals surface area contributed by atoms with Crippen LogP contribution < -0.4 is 0 Å². The second-order valence-electron chi connectivity index (χ2n) is 3.85. The quantitative estimate of drug-likeness (QED) is 0.803. The van der Waals surface area contributed by atoms with Crippen molar-refractivity contribution < 1.29 is 23.4 Å². The van der Waals surface area contributed by atoms with E-state index in [1.165, 1.54) is 12.1 Å². The van der Waals surface area contributed by atoms with Gasteiger partial charge in [-0.3, -0.25) is 0 Å². The van der Waals surface area contributed by atoms with Crippen molar-refractivity contribution in [3.05, 3.63) is 35.3 Å². The standard InChI is InChI=1S/C13H15FO4/c1-16-4-5-17-8-11-10-6-9(14)2-3-12(10)18-13(11)7-15/h2-3,6,15H,4-5,7-8H2,1H3. The minimum atomic E-state index is -0.342. The lowest BCUT2D eigenvalue weighted by molar-refractivity contribution is 0.0607. The summed E-state index contributed by atoms with van der Waals surface area (Å²) in [5.41, 5.74) is 1.23. The van der Waals surface area contributed by atoms with Crippen LogP contribution in [0, 0.1) is 5.82 Å². The minimum Gasteiger partial charge on any atom is -0.458 e. The van der Waals surface area contributed by atoms with Crippen LogP contribution in [0.3, 0.4) is 0 Å². The van der Waals surface area contributed by atoms with Gasteiger partial charge in [-0.2, -0.15) is 0 Å². The van der Waals surface area contributed by atoms with Crippen LogP contribution in [-0.4, -0.2) is 25.4 Å². The number of aliphatic hydroxyl groups excluding tert-OH is 1. The molecule has 0 saturated carbocycles. The molecule has 2 rings (SSSR count). The number of ether oxygens (including phenoxy) is 2. The van der Waals surface area contributed by atoms with E-state index in [0.29, 0.717) is 35.5 Å². The van der Waals surface area contributed by atoms with E-state index < -0.39 is 0 Å². The van der Waals surface area contributed by atoms with Gasteiger partial charge in [-0.1, -0.05) is 0 Å². The van der Waals surface area contributed by atoms with Crippen LogP contribution in [-0.2, 0) is 22.7 Å². The van der Waals surface area contributed by atoms with Crippen molar-refractivity contribution in [2.75, 3.05) is 20.3 Å². The Kier molecular flexibility index (Phi) is 4.30. The molecule has 0 atom stereocenters. The molecule has 0 spiro atoms. The molecule has 4 nitrogen and oxygen atoms in total. The van der Waals surface area contributed by atoms with Crippen molar-refractivity contribution in [3.63, 3.8) is 0 Å². The highest BCUT2D eigenvalue weighted by Crippen LogP contribution is 2.27. The highest BCUT2D eigenvalue weighted by molar-refractivity contribution is 5.82. The maximum absolute atomic E-state index is 13.2. The molecule has 0 aliphatic carbocycles. The van der Waals surface area contributed by atoms with E-state index in [2.05, 4.69) is 0 Å². The summed E-state index contributed by atoms with van der Waals surface area (Å²) in [5, 5.41) is 9.86. The molecule has 0 fully saturated rings. The number of methoxy groups -OCH3 is 1. The summed E-state index contributed by atoms with van der Waals surface area (Å²) < 4.78 is 28.9. The molecule has 1 aromatic carbocycles. The van der Waals surface area contributed by atoms with Crippen LogP contribution in [0.5, 0.6) is 0 Å². The van der Waals surface area contributed by atoms with Gasteiger partial charge in [0.1, 0.15) is 23.8 Å². The SMILES string of the molecule is COCCOCc1c(CO)oc2ccc(F)cc12. The van der Waals surface area contributed by atoms with Gasteiger partial charge in [-0.15, -0.1) is 0 Å². The first-order chi connectivity index (χ1) is 8.76. The van der Waals surface area contributed by atoms with Crippen molar-refractivity contribution in [1.29, 1.82) is 0 Å². The van der Waals surface area contributed by atoms with Gasteiger partial charge in [-0.25, -0.2) is 4.39 Å². The fourth-order valence-electron chi connectivity index (χ4n) is 1.77. The predicted molar refractivity (Wildman–Crippen MR) is 63.6 cm³/mol. The van der Waals surface area contributed by atoms with E-state index in [-0.39, 0.29) is 19.0 Å². The summed E-state index contributed by atoms with van der Waals surface area (Å²) in [7, 11) is 1.59. The summed E-state index contributed by atoms with van der Waals surface area (Å²) in [6.07, 6.45) is 0. The number of hydrogen-bond acceptors (Lipinski definition) is 4. The summed E-state index contributed by atoms with van der Waals surface area (Å²) in [6, 6.07) is 4.25. The molecule has 0 bridgehead atoms. The molecule has 0 radical (unpaired) electrons. The highest BCUT2D eigenvalue weighted by atomic mass is 19.1. The van der Waals surface area contributed by atoms with E-state index in [9.17, 15) is 9.50 Å². The zero-order valence-corrected chi connectivity index (χ0v) is 10.1. The van der Waals surface area contributed by atoms with Gasteiger partial charge in [0.05, 0.1) is 19.8 Å². The van der Waals surface area contributed by atoms with E-state index in [4.69, 9.17) is 13.9 Å². The number of furan rings is 1. The average Bonchev–Trinajstić information content (AvgIpc) is 2.72. The van der Waals surface area contributed by atoms with E-state index in [1.54, 1.807) is 13.2 Å². The first-order valence-electron chi connectivity index (χ1n) is 5.63. The Bertz CT molecular complexity index is 521. The van der Waals surface area contributed by atoms with Crippen LogP contribution in [0.1, 0.15) is 11.3 Å². The van der Waals surface area contributed by atoms with Crippen LogP contribution >= 0.6 is 0 Å². The maximum atomic E-state index is 13.2. The van der Waals surface area contributed by atoms with E-state index >= 15 is 0 Å². The molecule has 0 aliphatic rings. The second-order valence-corrected chi connectivity index (χ2v) is 3.85. The van der Waals surface area contributed by atoms with Gasteiger partial charge in [0.25, 0.3) is 0 Å². The van der Waals surface area contributed by atoms with E-state index in [0.717, 1.165) is 0 Å². The fourth-order valence-corrected chi connectivity index (χ4v) is 1.77. The smallest absolute Gasteiger partial charge is 0.136 e.